The van der Waals surface area contributed by atoms with E-state index in [1.165, 1.54) is 0 Å². The number of aromatic nitrogens is 5. The number of hydrogen-bond donors (Lipinski definition) is 4. The second kappa shape index (κ2) is 14.0. The summed E-state index contributed by atoms with van der Waals surface area (Å²) in [5.41, 5.74) is 3.68. The maximum absolute atomic E-state index is 13.4. The molecule has 6 rings (SSSR count). The number of benzene rings is 3. The molecule has 49 heavy (non-hydrogen) atoms. The Bertz CT molecular complexity index is 2090. The van der Waals surface area contributed by atoms with Crippen molar-refractivity contribution in [2.24, 2.45) is 0 Å². The molecule has 2 amide bonds. The minimum atomic E-state index is -0.412. The van der Waals surface area contributed by atoms with E-state index in [9.17, 15) is 9.90 Å². The smallest absolute Gasteiger partial charge is 0.324 e. The van der Waals surface area contributed by atoms with Gasteiger partial charge in [-0.2, -0.15) is 5.10 Å². The second-order valence-corrected chi connectivity index (χ2v) is 12.8. The number of urea groups is 1. The van der Waals surface area contributed by atoms with Gasteiger partial charge in [0.15, 0.2) is 5.82 Å². The van der Waals surface area contributed by atoms with Crippen LogP contribution in [0.2, 0.25) is 0 Å². The summed E-state index contributed by atoms with van der Waals surface area (Å²) < 4.78 is 7.99. The molecule has 0 aliphatic heterocycles. The quantitative estimate of drug-likeness (QED) is 0.122. The maximum atomic E-state index is 13.4. The number of hydrogen-bond acceptors (Lipinski definition) is 9. The van der Waals surface area contributed by atoms with Crippen LogP contribution >= 0.6 is 0 Å². The number of carbonyl (C=O) groups excluding carboxylic acids is 1. The molecule has 0 spiro atoms. The summed E-state index contributed by atoms with van der Waals surface area (Å²) >= 11 is 0. The molecular formula is C37H39N9O3. The van der Waals surface area contributed by atoms with E-state index in [2.05, 4.69) is 51.7 Å². The molecule has 6 aromatic rings. The summed E-state index contributed by atoms with van der Waals surface area (Å²) in [6, 6.07) is 24.1. The molecule has 12 heteroatoms. The minimum absolute atomic E-state index is 0.0526. The minimum Gasteiger partial charge on any atom is -0.488 e. The molecule has 250 valence electrons. The van der Waals surface area contributed by atoms with Crippen LogP contribution in [0.15, 0.2) is 97.5 Å². The monoisotopic (exact) mass is 657 g/mol. The van der Waals surface area contributed by atoms with Gasteiger partial charge in [0.2, 0.25) is 0 Å². The lowest BCUT2D eigenvalue weighted by Gasteiger charge is -2.15. The van der Waals surface area contributed by atoms with Crippen LogP contribution in [0.1, 0.15) is 37.6 Å². The maximum Gasteiger partial charge on any atom is 0.324 e. The molecule has 0 saturated heterocycles. The van der Waals surface area contributed by atoms with Crippen LogP contribution in [0.3, 0.4) is 0 Å². The number of aliphatic hydroxyl groups is 1. The number of carbonyl (C=O) groups is 1. The average molecular weight is 658 g/mol. The van der Waals surface area contributed by atoms with Gasteiger partial charge in [-0.3, -0.25) is 10.3 Å². The highest BCUT2D eigenvalue weighted by atomic mass is 16.5. The van der Waals surface area contributed by atoms with Crippen LogP contribution < -0.4 is 25.6 Å². The fraction of sp³-hybridized carbons (Fsp3) is 0.216. The van der Waals surface area contributed by atoms with E-state index in [0.717, 1.165) is 39.1 Å². The highest BCUT2D eigenvalue weighted by Crippen LogP contribution is 2.33. The van der Waals surface area contributed by atoms with Crippen molar-refractivity contribution in [3.05, 3.63) is 114 Å². The van der Waals surface area contributed by atoms with Crippen molar-refractivity contribution in [3.8, 4) is 11.4 Å². The van der Waals surface area contributed by atoms with Gasteiger partial charge in [0, 0.05) is 42.5 Å². The van der Waals surface area contributed by atoms with Crippen LogP contribution in [0.25, 0.3) is 16.5 Å². The highest BCUT2D eigenvalue weighted by molar-refractivity contribution is 6.07. The summed E-state index contributed by atoms with van der Waals surface area (Å²) in [5, 5.41) is 25.1. The Morgan fingerprint density at radius 2 is 1.67 bits per heavy atom. The lowest BCUT2D eigenvalue weighted by atomic mass is 9.92. The molecule has 0 radical (unpaired) electrons. The summed E-state index contributed by atoms with van der Waals surface area (Å²) in [6.07, 6.45) is 5.06. The van der Waals surface area contributed by atoms with Crippen molar-refractivity contribution in [3.63, 3.8) is 0 Å². The zero-order valence-corrected chi connectivity index (χ0v) is 28.1. The van der Waals surface area contributed by atoms with Crippen molar-refractivity contribution in [2.45, 2.75) is 39.4 Å². The zero-order chi connectivity index (χ0) is 34.5. The van der Waals surface area contributed by atoms with Gasteiger partial charge < -0.3 is 25.4 Å². The molecule has 3 heterocycles. The first-order valence-corrected chi connectivity index (χ1v) is 15.8. The first-order chi connectivity index (χ1) is 23.6. The fourth-order valence-electron chi connectivity index (χ4n) is 5.11. The van der Waals surface area contributed by atoms with Crippen LogP contribution in [-0.4, -0.2) is 50.0 Å². The number of aliphatic hydroxyl groups excluding tert-OH is 1. The van der Waals surface area contributed by atoms with Gasteiger partial charge in [-0.05, 0) is 47.5 Å². The number of anilines is 5. The Hall–Kier alpha value is -6.01. The van der Waals surface area contributed by atoms with Crippen LogP contribution in [-0.2, 0) is 18.6 Å². The van der Waals surface area contributed by atoms with Crippen LogP contribution in [0, 0.1) is 0 Å². The molecule has 0 bridgehead atoms. The zero-order valence-electron chi connectivity index (χ0n) is 28.1. The summed E-state index contributed by atoms with van der Waals surface area (Å²) in [5.74, 6) is 3.15. The Labute approximate surface area is 284 Å². The topological polar surface area (TPSA) is 142 Å². The molecule has 0 fully saturated rings. The first-order valence-electron chi connectivity index (χ1n) is 15.8. The lowest BCUT2D eigenvalue weighted by molar-refractivity contribution is 0.262. The molecule has 0 saturated carbocycles. The molecule has 12 nitrogen and oxygen atoms in total. The molecule has 4 N–H and O–H groups in total. The highest BCUT2D eigenvalue weighted by Gasteiger charge is 2.22. The van der Waals surface area contributed by atoms with E-state index in [1.54, 1.807) is 23.3 Å². The fourth-order valence-corrected chi connectivity index (χ4v) is 5.11. The van der Waals surface area contributed by atoms with Gasteiger partial charge in [0.05, 0.1) is 36.1 Å². The predicted octanol–water partition coefficient (Wildman–Crippen LogP) is 7.03. The Kier molecular flexibility index (Phi) is 9.40. The summed E-state index contributed by atoms with van der Waals surface area (Å²) in [6.45, 7) is 6.46. The molecule has 0 atom stereocenters. The van der Waals surface area contributed by atoms with E-state index in [-0.39, 0.29) is 12.0 Å². The van der Waals surface area contributed by atoms with Gasteiger partial charge in [-0.25, -0.2) is 19.4 Å². The number of nitrogens with zero attached hydrogens (tertiary/aromatic N) is 6. The van der Waals surface area contributed by atoms with Crippen LogP contribution in [0.4, 0.5) is 33.8 Å². The van der Waals surface area contributed by atoms with E-state index >= 15 is 0 Å². The third kappa shape index (κ3) is 7.77. The van der Waals surface area contributed by atoms with Gasteiger partial charge in [0.25, 0.3) is 0 Å². The molecule has 3 aromatic carbocycles. The first kappa shape index (κ1) is 32.9. The summed E-state index contributed by atoms with van der Waals surface area (Å²) in [4.78, 5) is 28.5. The van der Waals surface area contributed by atoms with Gasteiger partial charge in [0.1, 0.15) is 29.8 Å². The van der Waals surface area contributed by atoms with Crippen LogP contribution in [0.5, 0.6) is 5.75 Å². The van der Waals surface area contributed by atoms with Gasteiger partial charge in [-0.1, -0.05) is 57.2 Å². The Morgan fingerprint density at radius 3 is 2.41 bits per heavy atom. The van der Waals surface area contributed by atoms with Crippen molar-refractivity contribution >= 4 is 45.8 Å². The van der Waals surface area contributed by atoms with Crippen molar-refractivity contribution in [1.29, 1.82) is 0 Å². The number of amides is 2. The number of nitrogens with one attached hydrogen (secondary N) is 3. The second-order valence-electron chi connectivity index (χ2n) is 12.8. The van der Waals surface area contributed by atoms with E-state index in [1.807, 2.05) is 97.9 Å². The average Bonchev–Trinajstić information content (AvgIpc) is 3.52. The summed E-state index contributed by atoms with van der Waals surface area (Å²) in [7, 11) is 3.82. The standard InChI is InChI=1S/C37H39N9O3/c1-37(2,3)31-19-34(46(44-31)26-12-10-24(22-47)11-13-26)43-36(48)40-29-14-15-30(28-9-7-6-8-27(28)29)49-23-25-16-17-39-32(18-25)41-33-20-38-21-35(42-33)45(4)5/h6-21,47H,22-23H2,1-5H3,(H,39,41,42)(H2,40,43,48). The van der Waals surface area contributed by atoms with E-state index in [0.29, 0.717) is 35.5 Å². The van der Waals surface area contributed by atoms with Crippen molar-refractivity contribution < 1.29 is 14.6 Å². The predicted molar refractivity (Wildman–Crippen MR) is 193 cm³/mol. The lowest BCUT2D eigenvalue weighted by Crippen LogP contribution is -2.21. The van der Waals surface area contributed by atoms with E-state index in [4.69, 9.17) is 9.84 Å². The molecular weight excluding hydrogens is 618 g/mol. The van der Waals surface area contributed by atoms with Gasteiger partial charge in [-0.15, -0.1) is 0 Å². The Balaban J connectivity index is 1.18. The number of pyridine rings is 1. The SMILES string of the molecule is CN(C)c1cncc(Nc2cc(COc3ccc(NC(=O)Nc4cc(C(C)(C)C)nn4-c4ccc(CO)cc4)c4ccccc34)ccn2)n1. The number of rotatable bonds is 10. The molecule has 0 aliphatic rings. The number of ether oxygens (including phenoxy) is 1. The number of fused-ring (bicyclic) bond motifs is 1. The molecule has 0 aliphatic carbocycles. The van der Waals surface area contributed by atoms with Gasteiger partial charge >= 0.3 is 6.03 Å². The van der Waals surface area contributed by atoms with Crippen molar-refractivity contribution in [2.75, 3.05) is 34.9 Å². The third-order valence-electron chi connectivity index (χ3n) is 7.77. The molecule has 0 unspecified atom stereocenters. The third-order valence-corrected chi connectivity index (χ3v) is 7.77. The molecule has 3 aromatic heterocycles. The Morgan fingerprint density at radius 1 is 0.898 bits per heavy atom. The largest absolute Gasteiger partial charge is 0.488 e. The van der Waals surface area contributed by atoms with Crippen molar-refractivity contribution in [1.82, 2.24) is 24.7 Å². The normalized spacial score (nSPS) is 11.3. The van der Waals surface area contributed by atoms with E-state index < -0.39 is 6.03 Å².